The van der Waals surface area contributed by atoms with E-state index in [1.54, 1.807) is 37.3 Å². The number of para-hydroxylation sites is 1. The van der Waals surface area contributed by atoms with Gasteiger partial charge < -0.3 is 24.8 Å². The molecule has 0 spiro atoms. The van der Waals surface area contributed by atoms with Crippen LogP contribution in [0.1, 0.15) is 16.8 Å². The van der Waals surface area contributed by atoms with E-state index in [1.807, 2.05) is 0 Å². The third-order valence-corrected chi connectivity index (χ3v) is 3.11. The topological polar surface area (TPSA) is 74.0 Å². The first-order valence-corrected chi connectivity index (χ1v) is 6.85. The maximum atomic E-state index is 12.7. The molecule has 0 saturated carbocycles. The molecule has 2 N–H and O–H groups in total. The fraction of sp³-hybridized carbons (Fsp3) is 0.533. The number of hydrogen-bond acceptors (Lipinski definition) is 5. The molecule has 6 heteroatoms. The highest BCUT2D eigenvalue weighted by molar-refractivity contribution is 5.98. The van der Waals surface area contributed by atoms with Gasteiger partial charge in [-0.05, 0) is 18.6 Å². The summed E-state index contributed by atoms with van der Waals surface area (Å²) >= 11 is 0. The van der Waals surface area contributed by atoms with Crippen LogP contribution in [-0.4, -0.2) is 58.4 Å². The molecule has 1 amide bonds. The van der Waals surface area contributed by atoms with Gasteiger partial charge in [-0.3, -0.25) is 4.79 Å². The van der Waals surface area contributed by atoms with Crippen molar-refractivity contribution < 1.29 is 19.0 Å². The molecule has 118 valence electrons. The van der Waals surface area contributed by atoms with E-state index < -0.39 is 0 Å². The molecule has 21 heavy (non-hydrogen) atoms. The Labute approximate surface area is 125 Å². The Morgan fingerprint density at radius 3 is 2.48 bits per heavy atom. The van der Waals surface area contributed by atoms with Gasteiger partial charge >= 0.3 is 0 Å². The molecule has 0 radical (unpaired) electrons. The molecule has 0 aliphatic carbocycles. The molecule has 1 aromatic rings. The number of amides is 1. The molecule has 0 aliphatic heterocycles. The SMILES string of the molecule is COCCCN(CCOC)C(=O)c1cccc(N)c1OC. The van der Waals surface area contributed by atoms with E-state index in [0.717, 1.165) is 6.42 Å². The highest BCUT2D eigenvalue weighted by atomic mass is 16.5. The summed E-state index contributed by atoms with van der Waals surface area (Å²) in [5.74, 6) is 0.295. The van der Waals surface area contributed by atoms with Crippen LogP contribution in [0.5, 0.6) is 5.75 Å². The number of ether oxygens (including phenoxy) is 3. The van der Waals surface area contributed by atoms with Crippen LogP contribution in [0.15, 0.2) is 18.2 Å². The predicted molar refractivity (Wildman–Crippen MR) is 81.7 cm³/mol. The zero-order valence-corrected chi connectivity index (χ0v) is 12.9. The van der Waals surface area contributed by atoms with Gasteiger partial charge in [-0.25, -0.2) is 0 Å². The van der Waals surface area contributed by atoms with Crippen LogP contribution < -0.4 is 10.5 Å². The number of carbonyl (C=O) groups is 1. The van der Waals surface area contributed by atoms with Crippen LogP contribution in [0.4, 0.5) is 5.69 Å². The van der Waals surface area contributed by atoms with Crippen molar-refractivity contribution in [2.45, 2.75) is 6.42 Å². The Balaban J connectivity index is 2.90. The smallest absolute Gasteiger partial charge is 0.257 e. The lowest BCUT2D eigenvalue weighted by Crippen LogP contribution is -2.35. The number of nitrogens with two attached hydrogens (primary N) is 1. The van der Waals surface area contributed by atoms with Crippen LogP contribution >= 0.6 is 0 Å². The van der Waals surface area contributed by atoms with Crippen molar-refractivity contribution in [2.75, 3.05) is 53.4 Å². The minimum atomic E-state index is -0.118. The van der Waals surface area contributed by atoms with Gasteiger partial charge in [-0.1, -0.05) is 6.07 Å². The Hall–Kier alpha value is -1.79. The van der Waals surface area contributed by atoms with E-state index in [9.17, 15) is 4.79 Å². The molecule has 1 rings (SSSR count). The lowest BCUT2D eigenvalue weighted by Gasteiger charge is -2.23. The van der Waals surface area contributed by atoms with Crippen molar-refractivity contribution in [3.8, 4) is 5.75 Å². The molecule has 0 bridgehead atoms. The van der Waals surface area contributed by atoms with Gasteiger partial charge in [0.25, 0.3) is 5.91 Å². The van der Waals surface area contributed by atoms with Gasteiger partial charge in [0.2, 0.25) is 0 Å². The number of nitrogens with zero attached hydrogens (tertiary/aromatic N) is 1. The molecule has 1 aromatic carbocycles. The van der Waals surface area contributed by atoms with Gasteiger partial charge in [0.15, 0.2) is 5.75 Å². The average Bonchev–Trinajstić information content (AvgIpc) is 2.49. The van der Waals surface area contributed by atoms with Crippen molar-refractivity contribution in [3.63, 3.8) is 0 Å². The van der Waals surface area contributed by atoms with Gasteiger partial charge in [0.05, 0.1) is 25.0 Å². The van der Waals surface area contributed by atoms with E-state index in [1.165, 1.54) is 7.11 Å². The van der Waals surface area contributed by atoms with E-state index >= 15 is 0 Å². The van der Waals surface area contributed by atoms with Crippen molar-refractivity contribution in [1.29, 1.82) is 0 Å². The number of benzene rings is 1. The van der Waals surface area contributed by atoms with E-state index in [4.69, 9.17) is 19.9 Å². The second-order valence-electron chi connectivity index (χ2n) is 4.56. The quantitative estimate of drug-likeness (QED) is 0.551. The lowest BCUT2D eigenvalue weighted by atomic mass is 10.1. The number of methoxy groups -OCH3 is 3. The highest BCUT2D eigenvalue weighted by Gasteiger charge is 2.20. The Morgan fingerprint density at radius 1 is 1.14 bits per heavy atom. The Kier molecular flexibility index (Phi) is 7.56. The summed E-state index contributed by atoms with van der Waals surface area (Å²) in [4.78, 5) is 14.4. The third kappa shape index (κ3) is 4.91. The van der Waals surface area contributed by atoms with E-state index in [0.29, 0.717) is 43.3 Å². The fourth-order valence-corrected chi connectivity index (χ4v) is 2.04. The minimum absolute atomic E-state index is 0.118. The van der Waals surface area contributed by atoms with Crippen LogP contribution in [0, 0.1) is 0 Å². The molecule has 0 unspecified atom stereocenters. The van der Waals surface area contributed by atoms with Crippen LogP contribution in [0.25, 0.3) is 0 Å². The molecule has 0 aliphatic rings. The molecular weight excluding hydrogens is 272 g/mol. The van der Waals surface area contributed by atoms with Crippen molar-refractivity contribution in [1.82, 2.24) is 4.90 Å². The van der Waals surface area contributed by atoms with E-state index in [2.05, 4.69) is 0 Å². The number of anilines is 1. The number of nitrogen functional groups attached to an aromatic ring is 1. The average molecular weight is 296 g/mol. The summed E-state index contributed by atoms with van der Waals surface area (Å²) in [6.45, 7) is 2.18. The van der Waals surface area contributed by atoms with Crippen molar-refractivity contribution in [3.05, 3.63) is 23.8 Å². The van der Waals surface area contributed by atoms with Gasteiger partial charge in [0, 0.05) is 33.9 Å². The summed E-state index contributed by atoms with van der Waals surface area (Å²) < 4.78 is 15.3. The molecular formula is C15H24N2O4. The first-order valence-electron chi connectivity index (χ1n) is 6.85. The molecule has 0 atom stereocenters. The zero-order chi connectivity index (χ0) is 15.7. The molecule has 0 heterocycles. The number of rotatable bonds is 9. The Bertz CT molecular complexity index is 451. The standard InChI is InChI=1S/C15H24N2O4/c1-19-10-5-8-17(9-11-20-2)15(18)12-6-4-7-13(16)14(12)21-3/h4,6-7H,5,8-11,16H2,1-3H3. The van der Waals surface area contributed by atoms with Crippen LogP contribution in [-0.2, 0) is 9.47 Å². The van der Waals surface area contributed by atoms with Crippen molar-refractivity contribution >= 4 is 11.6 Å². The highest BCUT2D eigenvalue weighted by Crippen LogP contribution is 2.27. The molecule has 0 aromatic heterocycles. The van der Waals surface area contributed by atoms with Crippen molar-refractivity contribution in [2.24, 2.45) is 0 Å². The fourth-order valence-electron chi connectivity index (χ4n) is 2.04. The molecule has 6 nitrogen and oxygen atoms in total. The summed E-state index contributed by atoms with van der Waals surface area (Å²) in [7, 11) is 4.76. The Morgan fingerprint density at radius 2 is 1.86 bits per heavy atom. The summed E-state index contributed by atoms with van der Waals surface area (Å²) in [5.41, 5.74) is 6.77. The van der Waals surface area contributed by atoms with E-state index in [-0.39, 0.29) is 5.91 Å². The first-order chi connectivity index (χ1) is 10.2. The number of hydrogen-bond donors (Lipinski definition) is 1. The monoisotopic (exact) mass is 296 g/mol. The van der Waals surface area contributed by atoms with Crippen LogP contribution in [0.2, 0.25) is 0 Å². The predicted octanol–water partition coefficient (Wildman–Crippen LogP) is 1.40. The summed E-state index contributed by atoms with van der Waals surface area (Å²) in [5, 5.41) is 0. The zero-order valence-electron chi connectivity index (χ0n) is 12.9. The first kappa shape index (κ1) is 17.3. The van der Waals surface area contributed by atoms with Gasteiger partial charge in [-0.2, -0.15) is 0 Å². The largest absolute Gasteiger partial charge is 0.494 e. The third-order valence-electron chi connectivity index (χ3n) is 3.11. The second-order valence-corrected chi connectivity index (χ2v) is 4.56. The second kappa shape index (κ2) is 9.20. The minimum Gasteiger partial charge on any atom is -0.494 e. The summed E-state index contributed by atoms with van der Waals surface area (Å²) in [6, 6.07) is 5.17. The molecule has 0 saturated heterocycles. The number of carbonyl (C=O) groups excluding carboxylic acids is 1. The normalized spacial score (nSPS) is 10.4. The van der Waals surface area contributed by atoms with Gasteiger partial charge in [0.1, 0.15) is 0 Å². The maximum Gasteiger partial charge on any atom is 0.257 e. The van der Waals surface area contributed by atoms with Crippen LogP contribution in [0.3, 0.4) is 0 Å². The molecule has 0 fully saturated rings. The summed E-state index contributed by atoms with van der Waals surface area (Å²) in [6.07, 6.45) is 0.761. The van der Waals surface area contributed by atoms with Gasteiger partial charge in [-0.15, -0.1) is 0 Å². The maximum absolute atomic E-state index is 12.7. The lowest BCUT2D eigenvalue weighted by molar-refractivity contribution is 0.0671.